The Hall–Kier alpha value is -4.02. The Kier molecular flexibility index (Phi) is 6.75. The third-order valence-electron chi connectivity index (χ3n) is 9.22. The van der Waals surface area contributed by atoms with Gasteiger partial charge in [-0.25, -0.2) is 9.97 Å². The zero-order chi connectivity index (χ0) is 28.9. The number of aromatic amines is 2. The highest BCUT2D eigenvalue weighted by Crippen LogP contribution is 2.44. The molecule has 0 aliphatic heterocycles. The maximum absolute atomic E-state index is 12.9. The van der Waals surface area contributed by atoms with Crippen LogP contribution < -0.4 is 11.1 Å². The Morgan fingerprint density at radius 1 is 0.674 bits per heavy atom. The predicted molar refractivity (Wildman–Crippen MR) is 172 cm³/mol. The van der Waals surface area contributed by atoms with Crippen molar-refractivity contribution in [2.45, 2.75) is 69.1 Å². The van der Waals surface area contributed by atoms with Crippen LogP contribution in [0.1, 0.15) is 85.8 Å². The summed E-state index contributed by atoms with van der Waals surface area (Å²) in [4.78, 5) is 50.7. The topological polar surface area (TPSA) is 117 Å². The number of aromatic nitrogens is 6. The first-order valence-electron chi connectivity index (χ1n) is 15.0. The molecule has 2 saturated carbocycles. The van der Waals surface area contributed by atoms with Gasteiger partial charge in [0.15, 0.2) is 11.6 Å². The number of thiophene rings is 2. The number of H-pyrrole nitrogens is 2. The summed E-state index contributed by atoms with van der Waals surface area (Å²) in [7, 11) is 0. The van der Waals surface area contributed by atoms with Gasteiger partial charge in [-0.05, 0) is 95.5 Å². The lowest BCUT2D eigenvalue weighted by atomic mass is 9.76. The average molecular weight is 607 g/mol. The summed E-state index contributed by atoms with van der Waals surface area (Å²) in [6.07, 6.45) is 12.7. The third kappa shape index (κ3) is 4.82. The van der Waals surface area contributed by atoms with Crippen LogP contribution in [0.25, 0.3) is 43.5 Å². The monoisotopic (exact) mass is 606 g/mol. The largest absolute Gasteiger partial charge is 0.304 e. The van der Waals surface area contributed by atoms with E-state index in [-0.39, 0.29) is 11.1 Å². The first-order valence-corrected chi connectivity index (χ1v) is 16.8. The van der Waals surface area contributed by atoms with Crippen molar-refractivity contribution in [2.24, 2.45) is 0 Å². The fourth-order valence-electron chi connectivity index (χ4n) is 7.01. The van der Waals surface area contributed by atoms with Gasteiger partial charge in [0.05, 0.1) is 11.0 Å². The van der Waals surface area contributed by atoms with Crippen LogP contribution in [0.4, 0.5) is 0 Å². The maximum atomic E-state index is 12.9. The molecule has 8 rings (SSSR count). The van der Waals surface area contributed by atoms with E-state index >= 15 is 0 Å². The van der Waals surface area contributed by atoms with Gasteiger partial charge in [-0.2, -0.15) is 0 Å². The second-order valence-corrected chi connectivity index (χ2v) is 13.6. The Balaban J connectivity index is 1.07. The van der Waals surface area contributed by atoms with Crippen molar-refractivity contribution in [3.05, 3.63) is 90.9 Å². The van der Waals surface area contributed by atoms with Crippen LogP contribution in [0.3, 0.4) is 0 Å². The molecular weight excluding hydrogens is 577 g/mol. The molecule has 0 saturated heterocycles. The van der Waals surface area contributed by atoms with Crippen LogP contribution >= 0.6 is 22.7 Å². The molecule has 2 aliphatic rings. The summed E-state index contributed by atoms with van der Waals surface area (Å²) in [5, 5.41) is 4.25. The standard InChI is InChI=1S/C33H30N6O2S2/c40-32-28-26(22(16-42-28)18-6-1-2-7-18)36-31(39-32)25-12-11-21(15-35-25)19-8-5-9-20(14-19)23-17-43-29-27(23)37-30(38-33(29)41)24-10-3-4-13-34-24/h3-4,10-13,15-20H,1-2,5-9,14H2,(H,36,39,40)(H,37,38,41). The van der Waals surface area contributed by atoms with E-state index in [0.717, 1.165) is 42.3 Å². The first kappa shape index (κ1) is 26.6. The lowest BCUT2D eigenvalue weighted by Gasteiger charge is -2.29. The zero-order valence-electron chi connectivity index (χ0n) is 23.5. The number of rotatable bonds is 5. The molecule has 2 fully saturated rings. The number of nitrogens with one attached hydrogen (secondary N) is 2. The zero-order valence-corrected chi connectivity index (χ0v) is 25.1. The molecule has 2 aliphatic carbocycles. The van der Waals surface area contributed by atoms with E-state index in [1.807, 2.05) is 30.5 Å². The Labute approximate surface area is 255 Å². The van der Waals surface area contributed by atoms with Crippen molar-refractivity contribution in [1.29, 1.82) is 0 Å². The van der Waals surface area contributed by atoms with Gasteiger partial charge in [0.25, 0.3) is 11.1 Å². The first-order chi connectivity index (χ1) is 21.1. The lowest BCUT2D eigenvalue weighted by Crippen LogP contribution is -2.14. The summed E-state index contributed by atoms with van der Waals surface area (Å²) in [5.74, 6) is 2.21. The highest BCUT2D eigenvalue weighted by molar-refractivity contribution is 7.17. The number of pyridine rings is 2. The van der Waals surface area contributed by atoms with Crippen molar-refractivity contribution in [2.75, 3.05) is 0 Å². The number of hydrogen-bond acceptors (Lipinski definition) is 8. The highest BCUT2D eigenvalue weighted by Gasteiger charge is 2.28. The molecule has 0 radical (unpaired) electrons. The normalized spacial score (nSPS) is 19.4. The Morgan fingerprint density at radius 2 is 1.30 bits per heavy atom. The second-order valence-electron chi connectivity index (χ2n) is 11.8. The summed E-state index contributed by atoms with van der Waals surface area (Å²) in [5.41, 5.74) is 6.36. The smallest absolute Gasteiger partial charge is 0.269 e. The lowest BCUT2D eigenvalue weighted by molar-refractivity contribution is 0.395. The van der Waals surface area contributed by atoms with E-state index < -0.39 is 0 Å². The minimum absolute atomic E-state index is 0.0862. The number of fused-ring (bicyclic) bond motifs is 2. The molecule has 43 heavy (non-hydrogen) atoms. The Bertz CT molecular complexity index is 2060. The quantitative estimate of drug-likeness (QED) is 0.210. The fourth-order valence-corrected chi connectivity index (χ4v) is 8.98. The van der Waals surface area contributed by atoms with Crippen molar-refractivity contribution >= 4 is 43.1 Å². The second kappa shape index (κ2) is 10.9. The van der Waals surface area contributed by atoms with Gasteiger partial charge in [0, 0.05) is 12.4 Å². The van der Waals surface area contributed by atoms with E-state index in [1.165, 1.54) is 59.5 Å². The molecule has 216 valence electrons. The number of hydrogen-bond donors (Lipinski definition) is 2. The van der Waals surface area contributed by atoms with Gasteiger partial charge in [-0.15, -0.1) is 22.7 Å². The molecule has 2 N–H and O–H groups in total. The molecule has 6 aromatic rings. The van der Waals surface area contributed by atoms with E-state index in [2.05, 4.69) is 31.8 Å². The molecular formula is C33H30N6O2S2. The van der Waals surface area contributed by atoms with Gasteiger partial charge in [-0.1, -0.05) is 31.4 Å². The summed E-state index contributed by atoms with van der Waals surface area (Å²) >= 11 is 2.97. The predicted octanol–water partition coefficient (Wildman–Crippen LogP) is 7.51. The van der Waals surface area contributed by atoms with Gasteiger partial charge in [0.2, 0.25) is 0 Å². The fraction of sp³-hybridized carbons (Fsp3) is 0.333. The minimum Gasteiger partial charge on any atom is -0.304 e. The molecule has 0 spiro atoms. The van der Waals surface area contributed by atoms with Crippen molar-refractivity contribution < 1.29 is 0 Å². The molecule has 2 atom stereocenters. The molecule has 6 heterocycles. The van der Waals surface area contributed by atoms with E-state index in [0.29, 0.717) is 50.2 Å². The van der Waals surface area contributed by atoms with E-state index in [9.17, 15) is 9.59 Å². The van der Waals surface area contributed by atoms with Crippen LogP contribution in [0.2, 0.25) is 0 Å². The van der Waals surface area contributed by atoms with Crippen molar-refractivity contribution in [3.8, 4) is 23.0 Å². The summed E-state index contributed by atoms with van der Waals surface area (Å²) < 4.78 is 1.38. The SMILES string of the molecule is O=c1[nH]c(-c2ccc(C3CCCC(c4csc5c(=O)[nH]c(-c6ccccn6)nc45)C3)cn2)nc2c(C3CCCC3)csc12. The minimum atomic E-state index is -0.114. The highest BCUT2D eigenvalue weighted by atomic mass is 32.1. The van der Waals surface area contributed by atoms with Gasteiger partial charge < -0.3 is 9.97 Å². The Morgan fingerprint density at radius 3 is 1.93 bits per heavy atom. The van der Waals surface area contributed by atoms with Gasteiger partial charge >= 0.3 is 0 Å². The van der Waals surface area contributed by atoms with Crippen molar-refractivity contribution in [1.82, 2.24) is 29.9 Å². The van der Waals surface area contributed by atoms with E-state index in [4.69, 9.17) is 15.0 Å². The third-order valence-corrected chi connectivity index (χ3v) is 11.2. The van der Waals surface area contributed by atoms with Crippen LogP contribution in [-0.4, -0.2) is 29.9 Å². The molecule has 8 nitrogen and oxygen atoms in total. The van der Waals surface area contributed by atoms with Crippen LogP contribution in [0.15, 0.2) is 63.1 Å². The van der Waals surface area contributed by atoms with Crippen LogP contribution in [-0.2, 0) is 0 Å². The molecule has 0 aromatic carbocycles. The van der Waals surface area contributed by atoms with Crippen molar-refractivity contribution in [3.63, 3.8) is 0 Å². The van der Waals surface area contributed by atoms with Crippen LogP contribution in [0.5, 0.6) is 0 Å². The molecule has 6 aromatic heterocycles. The molecule has 0 amide bonds. The van der Waals surface area contributed by atoms with Crippen LogP contribution in [0, 0.1) is 0 Å². The molecule has 10 heteroatoms. The average Bonchev–Trinajstić information content (AvgIpc) is 3.82. The maximum Gasteiger partial charge on any atom is 0.269 e. The van der Waals surface area contributed by atoms with E-state index in [1.54, 1.807) is 6.20 Å². The summed E-state index contributed by atoms with van der Waals surface area (Å²) in [6, 6.07) is 9.74. The summed E-state index contributed by atoms with van der Waals surface area (Å²) in [6.45, 7) is 0. The van der Waals surface area contributed by atoms with Gasteiger partial charge in [-0.3, -0.25) is 19.6 Å². The molecule has 2 unspecified atom stereocenters. The molecule has 0 bridgehead atoms. The number of nitrogens with zero attached hydrogens (tertiary/aromatic N) is 4. The van der Waals surface area contributed by atoms with Gasteiger partial charge in [0.1, 0.15) is 20.8 Å².